The molecule has 5 heteroatoms. The van der Waals surface area contributed by atoms with Crippen LogP contribution in [-0.2, 0) is 0 Å². The summed E-state index contributed by atoms with van der Waals surface area (Å²) in [6.07, 6.45) is 0. The number of halogens is 1. The smallest absolute Gasteiger partial charge is 0.210 e. The van der Waals surface area contributed by atoms with Gasteiger partial charge in [-0.1, -0.05) is 0 Å². The van der Waals surface area contributed by atoms with E-state index in [1.54, 1.807) is 11.3 Å². The zero-order valence-electron chi connectivity index (χ0n) is 8.21. The second kappa shape index (κ2) is 3.47. The first-order valence-corrected chi connectivity index (χ1v) is 5.91. The van der Waals surface area contributed by atoms with Crippen LogP contribution in [0.1, 0.15) is 17.1 Å². The standard InChI is InChI=1S/C9H10BrN3S/c1-5-4-14-9(11-5)13-7(3)8(10)6(2)12-13/h4H,1-3H3. The van der Waals surface area contributed by atoms with E-state index < -0.39 is 0 Å². The highest BCUT2D eigenvalue weighted by atomic mass is 79.9. The fourth-order valence-electron chi connectivity index (χ4n) is 1.25. The Kier molecular flexibility index (Phi) is 2.45. The summed E-state index contributed by atoms with van der Waals surface area (Å²) in [6, 6.07) is 0. The monoisotopic (exact) mass is 271 g/mol. The summed E-state index contributed by atoms with van der Waals surface area (Å²) in [7, 11) is 0. The van der Waals surface area contributed by atoms with Gasteiger partial charge in [-0.25, -0.2) is 9.67 Å². The van der Waals surface area contributed by atoms with Gasteiger partial charge in [0.15, 0.2) is 0 Å². The Labute approximate surface area is 94.9 Å². The Morgan fingerprint density at radius 1 is 1.36 bits per heavy atom. The summed E-state index contributed by atoms with van der Waals surface area (Å²) in [5.41, 5.74) is 3.13. The van der Waals surface area contributed by atoms with Crippen LogP contribution in [0.5, 0.6) is 0 Å². The third-order valence-corrected chi connectivity index (χ3v) is 4.07. The van der Waals surface area contributed by atoms with Crippen LogP contribution in [0, 0.1) is 20.8 Å². The lowest BCUT2D eigenvalue weighted by Crippen LogP contribution is -1.98. The normalized spacial score (nSPS) is 10.9. The second-order valence-electron chi connectivity index (χ2n) is 3.17. The van der Waals surface area contributed by atoms with Crippen molar-refractivity contribution in [2.45, 2.75) is 20.8 Å². The molecule has 2 rings (SSSR count). The van der Waals surface area contributed by atoms with E-state index in [0.717, 1.165) is 26.7 Å². The number of nitrogens with zero attached hydrogens (tertiary/aromatic N) is 3. The first-order chi connectivity index (χ1) is 6.59. The molecule has 0 fully saturated rings. The van der Waals surface area contributed by atoms with Crippen molar-refractivity contribution < 1.29 is 0 Å². The predicted molar refractivity (Wildman–Crippen MR) is 61.1 cm³/mol. The molecule has 0 saturated heterocycles. The van der Waals surface area contributed by atoms with Gasteiger partial charge in [0.25, 0.3) is 0 Å². The van der Waals surface area contributed by atoms with Crippen LogP contribution < -0.4 is 0 Å². The zero-order valence-corrected chi connectivity index (χ0v) is 10.6. The lowest BCUT2D eigenvalue weighted by Gasteiger charge is -1.97. The van der Waals surface area contributed by atoms with Crippen molar-refractivity contribution in [1.29, 1.82) is 0 Å². The summed E-state index contributed by atoms with van der Waals surface area (Å²) < 4.78 is 2.93. The average molecular weight is 272 g/mol. The molecule has 14 heavy (non-hydrogen) atoms. The van der Waals surface area contributed by atoms with E-state index in [1.807, 2.05) is 30.8 Å². The van der Waals surface area contributed by atoms with Gasteiger partial charge in [0.1, 0.15) is 0 Å². The van der Waals surface area contributed by atoms with Crippen LogP contribution in [0.15, 0.2) is 9.85 Å². The summed E-state index contributed by atoms with van der Waals surface area (Å²) in [5.74, 6) is 0. The maximum atomic E-state index is 4.41. The Bertz CT molecular complexity index is 472. The van der Waals surface area contributed by atoms with Crippen molar-refractivity contribution in [3.63, 3.8) is 0 Å². The molecule has 0 amide bonds. The largest absolute Gasteiger partial charge is 0.224 e. The van der Waals surface area contributed by atoms with Crippen molar-refractivity contribution in [2.24, 2.45) is 0 Å². The molecule has 0 unspecified atom stereocenters. The fourth-order valence-corrected chi connectivity index (χ4v) is 2.30. The molecule has 0 N–H and O–H groups in total. The van der Waals surface area contributed by atoms with E-state index in [0.29, 0.717) is 0 Å². The molecule has 74 valence electrons. The van der Waals surface area contributed by atoms with E-state index in [2.05, 4.69) is 26.0 Å². The number of hydrogen-bond acceptors (Lipinski definition) is 3. The first kappa shape index (κ1) is 9.86. The lowest BCUT2D eigenvalue weighted by atomic mass is 10.4. The molecule has 0 bridgehead atoms. The minimum Gasteiger partial charge on any atom is -0.224 e. The Hall–Kier alpha value is -0.680. The molecule has 0 atom stereocenters. The van der Waals surface area contributed by atoms with E-state index in [1.165, 1.54) is 0 Å². The molecule has 0 radical (unpaired) electrons. The van der Waals surface area contributed by atoms with E-state index in [9.17, 15) is 0 Å². The van der Waals surface area contributed by atoms with E-state index in [4.69, 9.17) is 0 Å². The van der Waals surface area contributed by atoms with Gasteiger partial charge in [-0.15, -0.1) is 11.3 Å². The minimum absolute atomic E-state index is 0.925. The Morgan fingerprint density at radius 3 is 2.50 bits per heavy atom. The molecule has 0 saturated carbocycles. The molecule has 3 nitrogen and oxygen atoms in total. The lowest BCUT2D eigenvalue weighted by molar-refractivity contribution is 0.822. The van der Waals surface area contributed by atoms with Crippen LogP contribution in [0.2, 0.25) is 0 Å². The number of aryl methyl sites for hydroxylation is 2. The maximum absolute atomic E-state index is 4.41. The molecule has 2 heterocycles. The average Bonchev–Trinajstić information content (AvgIpc) is 2.66. The topological polar surface area (TPSA) is 30.7 Å². The van der Waals surface area contributed by atoms with Gasteiger partial charge in [-0.3, -0.25) is 0 Å². The number of thiazole rings is 1. The molecule has 0 aliphatic rings. The molecule has 2 aromatic rings. The van der Waals surface area contributed by atoms with E-state index in [-0.39, 0.29) is 0 Å². The van der Waals surface area contributed by atoms with E-state index >= 15 is 0 Å². The van der Waals surface area contributed by atoms with Gasteiger partial charge >= 0.3 is 0 Å². The quantitative estimate of drug-likeness (QED) is 0.799. The summed E-state index contributed by atoms with van der Waals surface area (Å²) in [5, 5.41) is 7.36. The first-order valence-electron chi connectivity index (χ1n) is 4.24. The second-order valence-corrected chi connectivity index (χ2v) is 4.80. The number of aromatic nitrogens is 3. The SMILES string of the molecule is Cc1csc(-n2nc(C)c(Br)c2C)n1. The third kappa shape index (κ3) is 1.50. The Morgan fingerprint density at radius 2 is 2.07 bits per heavy atom. The van der Waals surface area contributed by atoms with Crippen LogP contribution >= 0.6 is 27.3 Å². The summed E-state index contributed by atoms with van der Waals surface area (Å²) in [6.45, 7) is 6.00. The van der Waals surface area contributed by atoms with Crippen LogP contribution in [0.3, 0.4) is 0 Å². The van der Waals surface area contributed by atoms with Gasteiger partial charge in [-0.2, -0.15) is 5.10 Å². The molecular formula is C9H10BrN3S. The van der Waals surface area contributed by atoms with Gasteiger partial charge in [0.2, 0.25) is 5.13 Å². The van der Waals surface area contributed by atoms with Crippen molar-refractivity contribution in [1.82, 2.24) is 14.8 Å². The molecular weight excluding hydrogens is 262 g/mol. The Balaban J connectivity index is 2.57. The highest BCUT2D eigenvalue weighted by Gasteiger charge is 2.11. The number of hydrogen-bond donors (Lipinski definition) is 0. The number of rotatable bonds is 1. The minimum atomic E-state index is 0.925. The fraction of sp³-hybridized carbons (Fsp3) is 0.333. The highest BCUT2D eigenvalue weighted by Crippen LogP contribution is 2.24. The highest BCUT2D eigenvalue weighted by molar-refractivity contribution is 9.10. The summed E-state index contributed by atoms with van der Waals surface area (Å²) in [4.78, 5) is 4.39. The predicted octanol–water partition coefficient (Wildman–Crippen LogP) is 3.02. The van der Waals surface area contributed by atoms with Crippen molar-refractivity contribution >= 4 is 27.3 Å². The van der Waals surface area contributed by atoms with Crippen molar-refractivity contribution in [3.8, 4) is 5.13 Å². The van der Waals surface area contributed by atoms with Gasteiger partial charge < -0.3 is 0 Å². The third-order valence-electron chi connectivity index (χ3n) is 1.99. The van der Waals surface area contributed by atoms with Crippen molar-refractivity contribution in [3.05, 3.63) is 26.9 Å². The molecule has 0 spiro atoms. The van der Waals surface area contributed by atoms with Gasteiger partial charge in [0, 0.05) is 5.38 Å². The molecule has 0 aromatic carbocycles. The molecule has 2 aromatic heterocycles. The van der Waals surface area contributed by atoms with Crippen LogP contribution in [0.4, 0.5) is 0 Å². The summed E-state index contributed by atoms with van der Waals surface area (Å²) >= 11 is 5.10. The van der Waals surface area contributed by atoms with Crippen molar-refractivity contribution in [2.75, 3.05) is 0 Å². The zero-order chi connectivity index (χ0) is 10.3. The van der Waals surface area contributed by atoms with Gasteiger partial charge in [-0.05, 0) is 36.7 Å². The van der Waals surface area contributed by atoms with Gasteiger partial charge in [0.05, 0.1) is 21.6 Å². The molecule has 0 aliphatic heterocycles. The van der Waals surface area contributed by atoms with Crippen LogP contribution in [-0.4, -0.2) is 14.8 Å². The van der Waals surface area contributed by atoms with Crippen LogP contribution in [0.25, 0.3) is 5.13 Å². The molecule has 0 aliphatic carbocycles. The maximum Gasteiger partial charge on any atom is 0.210 e.